The van der Waals surface area contributed by atoms with Crippen molar-refractivity contribution in [3.63, 3.8) is 0 Å². The van der Waals surface area contributed by atoms with Crippen molar-refractivity contribution < 1.29 is 29.3 Å². The van der Waals surface area contributed by atoms with Crippen LogP contribution in [0, 0.1) is 0 Å². The summed E-state index contributed by atoms with van der Waals surface area (Å²) >= 11 is 0. The summed E-state index contributed by atoms with van der Waals surface area (Å²) in [5.74, 6) is -2.34. The Morgan fingerprint density at radius 2 is 1.83 bits per heavy atom. The van der Waals surface area contributed by atoms with Gasteiger partial charge in [0, 0.05) is 0 Å². The number of aliphatic hydroxyl groups excluding tert-OH is 1. The second kappa shape index (κ2) is 6.36. The van der Waals surface area contributed by atoms with Crippen LogP contribution in [-0.2, 0) is 9.53 Å². The number of rotatable bonds is 4. The molecule has 1 atom stereocenters. The summed E-state index contributed by atoms with van der Waals surface area (Å²) in [6.45, 7) is -0.802. The van der Waals surface area contributed by atoms with Gasteiger partial charge in [-0.3, -0.25) is 0 Å². The number of benzene rings is 1. The van der Waals surface area contributed by atoms with Gasteiger partial charge in [-0.05, 0) is 12.1 Å². The first-order valence-electron chi connectivity index (χ1n) is 4.96. The van der Waals surface area contributed by atoms with E-state index in [2.05, 4.69) is 4.74 Å². The molecule has 96 valence electrons. The zero-order valence-corrected chi connectivity index (χ0v) is 9.20. The third kappa shape index (κ3) is 3.87. The van der Waals surface area contributed by atoms with Gasteiger partial charge >= 0.3 is 18.0 Å². The largest absolute Gasteiger partial charge is 0.480 e. The van der Waals surface area contributed by atoms with E-state index in [4.69, 9.17) is 10.2 Å². The number of esters is 1. The molecule has 0 aliphatic carbocycles. The Hall–Kier alpha value is -2.41. The van der Waals surface area contributed by atoms with Gasteiger partial charge in [-0.15, -0.1) is 0 Å². The number of aliphatic carboxylic acids is 1. The summed E-state index contributed by atoms with van der Waals surface area (Å²) in [4.78, 5) is 33.1. The van der Waals surface area contributed by atoms with Gasteiger partial charge in [-0.2, -0.15) is 0 Å². The number of carbonyl (C=O) groups is 3. The molecule has 0 unspecified atom stereocenters. The van der Waals surface area contributed by atoms with E-state index < -0.39 is 30.7 Å². The van der Waals surface area contributed by atoms with Crippen LogP contribution in [0.5, 0.6) is 0 Å². The normalized spacial score (nSPS) is 11.4. The summed E-state index contributed by atoms with van der Waals surface area (Å²) in [6, 6.07) is 6.22. The fourth-order valence-corrected chi connectivity index (χ4v) is 1.07. The van der Waals surface area contributed by atoms with Crippen molar-refractivity contribution in [3.05, 3.63) is 35.9 Å². The second-order valence-corrected chi connectivity index (χ2v) is 3.26. The smallest absolute Gasteiger partial charge is 0.415 e. The lowest BCUT2D eigenvalue weighted by Gasteiger charge is -2.10. The molecule has 3 N–H and O–H groups in total. The van der Waals surface area contributed by atoms with Crippen molar-refractivity contribution in [2.45, 2.75) is 6.04 Å². The Balaban J connectivity index is 2.55. The molecule has 1 aromatic carbocycles. The summed E-state index contributed by atoms with van der Waals surface area (Å²) in [7, 11) is 0. The second-order valence-electron chi connectivity index (χ2n) is 3.26. The summed E-state index contributed by atoms with van der Waals surface area (Å²) < 4.78 is 4.36. The van der Waals surface area contributed by atoms with Crippen molar-refractivity contribution in [3.8, 4) is 0 Å². The average Bonchev–Trinajstić information content (AvgIpc) is 2.36. The minimum atomic E-state index is -1.51. The van der Waals surface area contributed by atoms with Gasteiger partial charge in [0.05, 0.1) is 12.2 Å². The Morgan fingerprint density at radius 1 is 1.22 bits per heavy atom. The Labute approximate surface area is 102 Å². The van der Waals surface area contributed by atoms with Crippen LogP contribution in [0.1, 0.15) is 10.4 Å². The van der Waals surface area contributed by atoms with Crippen LogP contribution in [0.4, 0.5) is 4.79 Å². The number of carbonyl (C=O) groups excluding carboxylic acids is 2. The van der Waals surface area contributed by atoms with Gasteiger partial charge in [-0.25, -0.2) is 14.4 Å². The van der Waals surface area contributed by atoms with Gasteiger partial charge in [0.2, 0.25) is 0 Å². The summed E-state index contributed by atoms with van der Waals surface area (Å²) in [5.41, 5.74) is 0.156. The number of carboxylic acid groups (broad SMARTS) is 1. The highest BCUT2D eigenvalue weighted by atomic mass is 16.6. The number of hydrogen-bond donors (Lipinski definition) is 3. The molecule has 7 heteroatoms. The first kappa shape index (κ1) is 13.7. The van der Waals surface area contributed by atoms with Crippen molar-refractivity contribution in [1.29, 1.82) is 0 Å². The van der Waals surface area contributed by atoms with Crippen LogP contribution in [0.25, 0.3) is 0 Å². The molecule has 1 amide bonds. The third-order valence-electron chi connectivity index (χ3n) is 1.97. The monoisotopic (exact) mass is 253 g/mol. The lowest BCUT2D eigenvalue weighted by molar-refractivity contribution is -0.140. The SMILES string of the molecule is O=C(N[C@H](CO)C(=O)O)OC(=O)c1ccccc1. The molecular formula is C11H11NO6. The molecule has 18 heavy (non-hydrogen) atoms. The number of hydrogen-bond acceptors (Lipinski definition) is 5. The minimum Gasteiger partial charge on any atom is -0.480 e. The number of nitrogens with one attached hydrogen (secondary N) is 1. The van der Waals surface area contributed by atoms with E-state index in [1.807, 2.05) is 5.32 Å². The predicted molar refractivity (Wildman–Crippen MR) is 58.9 cm³/mol. The lowest BCUT2D eigenvalue weighted by Crippen LogP contribution is -2.44. The fraction of sp³-hybridized carbons (Fsp3) is 0.182. The van der Waals surface area contributed by atoms with Gasteiger partial charge in [0.25, 0.3) is 0 Å². The molecule has 0 bridgehead atoms. The number of carboxylic acids is 1. The molecule has 0 spiro atoms. The van der Waals surface area contributed by atoms with E-state index >= 15 is 0 Å². The molecule has 0 aliphatic heterocycles. The molecule has 0 heterocycles. The van der Waals surface area contributed by atoms with Gasteiger partial charge in [0.15, 0.2) is 6.04 Å². The van der Waals surface area contributed by atoms with Crippen molar-refractivity contribution in [2.75, 3.05) is 6.61 Å². The maximum absolute atomic E-state index is 11.4. The first-order valence-corrected chi connectivity index (χ1v) is 4.96. The maximum atomic E-state index is 11.4. The molecule has 0 saturated heterocycles. The number of alkyl carbamates (subject to hydrolysis) is 1. The molecule has 0 aromatic heterocycles. The van der Waals surface area contributed by atoms with Gasteiger partial charge in [0.1, 0.15) is 0 Å². The van der Waals surface area contributed by atoms with E-state index in [-0.39, 0.29) is 5.56 Å². The Bertz CT molecular complexity index is 444. The number of aliphatic hydroxyl groups is 1. The third-order valence-corrected chi connectivity index (χ3v) is 1.97. The van der Waals surface area contributed by atoms with Crippen LogP contribution in [-0.4, -0.2) is 40.9 Å². The maximum Gasteiger partial charge on any atom is 0.415 e. The van der Waals surface area contributed by atoms with Crippen LogP contribution in [0.15, 0.2) is 30.3 Å². The van der Waals surface area contributed by atoms with Crippen LogP contribution < -0.4 is 5.32 Å². The highest BCUT2D eigenvalue weighted by molar-refractivity contribution is 5.97. The molecule has 0 radical (unpaired) electrons. The minimum absolute atomic E-state index is 0.156. The highest BCUT2D eigenvalue weighted by Crippen LogP contribution is 2.01. The van der Waals surface area contributed by atoms with E-state index in [9.17, 15) is 14.4 Å². The topological polar surface area (TPSA) is 113 Å². The van der Waals surface area contributed by atoms with Crippen LogP contribution >= 0.6 is 0 Å². The van der Waals surface area contributed by atoms with Gasteiger partial charge in [-0.1, -0.05) is 18.2 Å². The lowest BCUT2D eigenvalue weighted by atomic mass is 10.2. The highest BCUT2D eigenvalue weighted by Gasteiger charge is 2.21. The molecule has 0 aliphatic rings. The molecule has 1 rings (SSSR count). The van der Waals surface area contributed by atoms with Gasteiger partial charge < -0.3 is 20.3 Å². The summed E-state index contributed by atoms with van der Waals surface area (Å²) in [6.07, 6.45) is -1.23. The molecule has 7 nitrogen and oxygen atoms in total. The zero-order valence-electron chi connectivity index (χ0n) is 9.20. The van der Waals surface area contributed by atoms with Crippen molar-refractivity contribution in [2.24, 2.45) is 0 Å². The fourth-order valence-electron chi connectivity index (χ4n) is 1.07. The quantitative estimate of drug-likeness (QED) is 0.514. The molecular weight excluding hydrogens is 242 g/mol. The standard InChI is InChI=1S/C11H11NO6/c13-6-8(9(14)15)12-11(17)18-10(16)7-4-2-1-3-5-7/h1-5,8,13H,6H2,(H,12,17)(H,14,15)/t8-/m1/s1. The first-order chi connectivity index (χ1) is 8.54. The average molecular weight is 253 g/mol. The number of ether oxygens (including phenoxy) is 1. The van der Waals surface area contributed by atoms with E-state index in [0.717, 1.165) is 0 Å². The zero-order chi connectivity index (χ0) is 13.5. The summed E-state index contributed by atoms with van der Waals surface area (Å²) in [5, 5.41) is 19.1. The van der Waals surface area contributed by atoms with E-state index in [0.29, 0.717) is 0 Å². The molecule has 0 saturated carbocycles. The number of amides is 1. The van der Waals surface area contributed by atoms with E-state index in [1.165, 1.54) is 12.1 Å². The van der Waals surface area contributed by atoms with Crippen LogP contribution in [0.3, 0.4) is 0 Å². The molecule has 1 aromatic rings. The van der Waals surface area contributed by atoms with Crippen LogP contribution in [0.2, 0.25) is 0 Å². The van der Waals surface area contributed by atoms with E-state index in [1.54, 1.807) is 18.2 Å². The van der Waals surface area contributed by atoms with Crippen molar-refractivity contribution in [1.82, 2.24) is 5.32 Å². The predicted octanol–water partition coefficient (Wildman–Crippen LogP) is -0.00150. The Kier molecular flexibility index (Phi) is 4.82. The Morgan fingerprint density at radius 3 is 2.33 bits per heavy atom. The molecule has 0 fully saturated rings. The van der Waals surface area contributed by atoms with Crippen molar-refractivity contribution >= 4 is 18.0 Å².